The normalized spacial score (nSPS) is 11.8. The molecule has 0 aliphatic carbocycles. The highest BCUT2D eigenvalue weighted by atomic mass is 32.1. The van der Waals surface area contributed by atoms with Crippen molar-refractivity contribution in [1.29, 1.82) is 0 Å². The van der Waals surface area contributed by atoms with Gasteiger partial charge in [-0.15, -0.1) is 11.3 Å². The molecule has 2 heterocycles. The summed E-state index contributed by atoms with van der Waals surface area (Å²) in [5.41, 5.74) is 5.14. The minimum Gasteiger partial charge on any atom is -0.456 e. The van der Waals surface area contributed by atoms with Crippen LogP contribution in [0.2, 0.25) is 0 Å². The van der Waals surface area contributed by atoms with Gasteiger partial charge in [-0.1, -0.05) is 66.7 Å². The van der Waals surface area contributed by atoms with E-state index in [1.165, 1.54) is 30.9 Å². The van der Waals surface area contributed by atoms with Crippen molar-refractivity contribution in [3.63, 3.8) is 0 Å². The number of rotatable bonds is 3. The molecule has 0 unspecified atom stereocenters. The van der Waals surface area contributed by atoms with E-state index in [2.05, 4.69) is 120 Å². The SMILES string of the molecule is c1ccc(N(c2ccc3cc4sc5ccccc5c4cc3c2)c2cccc3oc4ccccc4c23)cc1. The predicted molar refractivity (Wildman–Crippen MR) is 159 cm³/mol. The van der Waals surface area contributed by atoms with Crippen LogP contribution in [0.4, 0.5) is 17.1 Å². The summed E-state index contributed by atoms with van der Waals surface area (Å²) in [7, 11) is 0. The molecule has 6 aromatic carbocycles. The Morgan fingerprint density at radius 2 is 1.27 bits per heavy atom. The van der Waals surface area contributed by atoms with Crippen LogP contribution in [0.15, 0.2) is 132 Å². The Bertz CT molecular complexity index is 2100. The number of furan rings is 1. The molecule has 2 aromatic heterocycles. The Kier molecular flexibility index (Phi) is 4.42. The van der Waals surface area contributed by atoms with Crippen LogP contribution in [0, 0.1) is 0 Å². The molecule has 3 heteroatoms. The van der Waals surface area contributed by atoms with Gasteiger partial charge >= 0.3 is 0 Å². The van der Waals surface area contributed by atoms with Gasteiger partial charge < -0.3 is 9.32 Å². The Hall–Kier alpha value is -4.60. The fourth-order valence-electron chi connectivity index (χ4n) is 5.54. The van der Waals surface area contributed by atoms with Crippen molar-refractivity contribution in [2.24, 2.45) is 0 Å². The Labute approximate surface area is 217 Å². The number of anilines is 3. The molecule has 0 radical (unpaired) electrons. The predicted octanol–water partition coefficient (Wildman–Crippen LogP) is 10.6. The van der Waals surface area contributed by atoms with E-state index in [4.69, 9.17) is 4.42 Å². The van der Waals surface area contributed by atoms with Crippen molar-refractivity contribution >= 4 is 81.3 Å². The molecule has 0 amide bonds. The Morgan fingerprint density at radius 1 is 0.486 bits per heavy atom. The zero-order chi connectivity index (χ0) is 24.3. The summed E-state index contributed by atoms with van der Waals surface area (Å²) in [5, 5.41) is 7.38. The second kappa shape index (κ2) is 7.95. The number of fused-ring (bicyclic) bond motifs is 7. The summed E-state index contributed by atoms with van der Waals surface area (Å²) in [5.74, 6) is 0. The van der Waals surface area contributed by atoms with Crippen LogP contribution in [-0.2, 0) is 0 Å². The van der Waals surface area contributed by atoms with Crippen LogP contribution in [0.5, 0.6) is 0 Å². The standard InChI is InChI=1S/C34H21NOS/c1-2-9-24(10-3-1)35(29-13-8-15-31-34(29)27-12-4-6-14-30(27)36-31)25-18-17-22-21-33-28(20-23(22)19-25)26-11-5-7-16-32(26)37-33/h1-21H. The van der Waals surface area contributed by atoms with Crippen LogP contribution in [0.25, 0.3) is 52.9 Å². The molecule has 0 saturated heterocycles. The lowest BCUT2D eigenvalue weighted by molar-refractivity contribution is 0.669. The highest BCUT2D eigenvalue weighted by Crippen LogP contribution is 2.44. The van der Waals surface area contributed by atoms with Crippen molar-refractivity contribution in [3.8, 4) is 0 Å². The molecule has 0 atom stereocenters. The molecule has 0 N–H and O–H groups in total. The molecule has 0 saturated carbocycles. The van der Waals surface area contributed by atoms with Gasteiger partial charge in [0.05, 0.1) is 11.1 Å². The van der Waals surface area contributed by atoms with Crippen molar-refractivity contribution in [2.45, 2.75) is 0 Å². The quantitative estimate of drug-likeness (QED) is 0.244. The molecule has 8 aromatic rings. The first-order valence-electron chi connectivity index (χ1n) is 12.4. The molecule has 37 heavy (non-hydrogen) atoms. The maximum atomic E-state index is 6.24. The maximum absolute atomic E-state index is 6.24. The number of nitrogens with zero attached hydrogens (tertiary/aromatic N) is 1. The first-order chi connectivity index (χ1) is 18.3. The summed E-state index contributed by atoms with van der Waals surface area (Å²) < 4.78 is 8.90. The van der Waals surface area contributed by atoms with E-state index >= 15 is 0 Å². The largest absolute Gasteiger partial charge is 0.456 e. The van der Waals surface area contributed by atoms with Crippen LogP contribution in [-0.4, -0.2) is 0 Å². The molecular weight excluding hydrogens is 470 g/mol. The zero-order valence-corrected chi connectivity index (χ0v) is 20.7. The van der Waals surface area contributed by atoms with Crippen molar-refractivity contribution in [1.82, 2.24) is 0 Å². The summed E-state index contributed by atoms with van der Waals surface area (Å²) in [6.45, 7) is 0. The third-order valence-corrected chi connectivity index (χ3v) is 8.35. The molecule has 0 bridgehead atoms. The van der Waals surface area contributed by atoms with E-state index < -0.39 is 0 Å². The minimum absolute atomic E-state index is 0.895. The number of hydrogen-bond acceptors (Lipinski definition) is 3. The molecule has 2 nitrogen and oxygen atoms in total. The Morgan fingerprint density at radius 3 is 2.19 bits per heavy atom. The lowest BCUT2D eigenvalue weighted by atomic mass is 10.0. The lowest BCUT2D eigenvalue weighted by Gasteiger charge is -2.26. The summed E-state index contributed by atoms with van der Waals surface area (Å²) in [6.07, 6.45) is 0. The average molecular weight is 492 g/mol. The number of thiophene rings is 1. The van der Waals surface area contributed by atoms with E-state index in [-0.39, 0.29) is 0 Å². The highest BCUT2D eigenvalue weighted by molar-refractivity contribution is 7.25. The molecule has 0 aliphatic rings. The van der Waals surface area contributed by atoms with E-state index in [1.54, 1.807) is 0 Å². The van der Waals surface area contributed by atoms with Gasteiger partial charge in [-0.05, 0) is 71.4 Å². The Balaban J connectivity index is 1.41. The van der Waals surface area contributed by atoms with Crippen LogP contribution < -0.4 is 4.90 Å². The second-order valence-electron chi connectivity index (χ2n) is 9.40. The number of hydrogen-bond donors (Lipinski definition) is 0. The van der Waals surface area contributed by atoms with Gasteiger partial charge in [-0.3, -0.25) is 0 Å². The fourth-order valence-corrected chi connectivity index (χ4v) is 6.68. The van der Waals surface area contributed by atoms with Gasteiger partial charge in [-0.2, -0.15) is 0 Å². The summed E-state index contributed by atoms with van der Waals surface area (Å²) in [6, 6.07) is 45.4. The molecule has 0 fully saturated rings. The van der Waals surface area contributed by atoms with Gasteiger partial charge in [-0.25, -0.2) is 0 Å². The molecule has 0 aliphatic heterocycles. The van der Waals surface area contributed by atoms with Gasteiger partial charge in [0.1, 0.15) is 11.2 Å². The van der Waals surface area contributed by atoms with Crippen LogP contribution in [0.1, 0.15) is 0 Å². The molecule has 174 valence electrons. The third kappa shape index (κ3) is 3.18. The van der Waals surface area contributed by atoms with Gasteiger partial charge in [0.25, 0.3) is 0 Å². The maximum Gasteiger partial charge on any atom is 0.137 e. The topological polar surface area (TPSA) is 16.4 Å². The summed E-state index contributed by atoms with van der Waals surface area (Å²) >= 11 is 1.86. The first-order valence-corrected chi connectivity index (χ1v) is 13.3. The minimum atomic E-state index is 0.895. The molecular formula is C34H21NOS. The third-order valence-electron chi connectivity index (χ3n) is 7.21. The van der Waals surface area contributed by atoms with Crippen LogP contribution in [0.3, 0.4) is 0 Å². The van der Waals surface area contributed by atoms with Gasteiger partial charge in [0, 0.05) is 36.9 Å². The van der Waals surface area contributed by atoms with Crippen molar-refractivity contribution < 1.29 is 4.42 Å². The second-order valence-corrected chi connectivity index (χ2v) is 10.5. The van der Waals surface area contributed by atoms with Gasteiger partial charge in [0.2, 0.25) is 0 Å². The number of para-hydroxylation sites is 2. The van der Waals surface area contributed by atoms with Crippen molar-refractivity contribution in [3.05, 3.63) is 127 Å². The fraction of sp³-hybridized carbons (Fsp3) is 0. The highest BCUT2D eigenvalue weighted by Gasteiger charge is 2.19. The lowest BCUT2D eigenvalue weighted by Crippen LogP contribution is -2.10. The van der Waals surface area contributed by atoms with E-state index in [0.29, 0.717) is 0 Å². The molecule has 0 spiro atoms. The number of benzene rings is 6. The smallest absolute Gasteiger partial charge is 0.137 e. The monoisotopic (exact) mass is 491 g/mol. The van der Waals surface area contributed by atoms with Crippen LogP contribution >= 0.6 is 11.3 Å². The summed E-state index contributed by atoms with van der Waals surface area (Å²) in [4.78, 5) is 2.35. The van der Waals surface area contributed by atoms with E-state index in [1.807, 2.05) is 23.5 Å². The van der Waals surface area contributed by atoms with Gasteiger partial charge in [0.15, 0.2) is 0 Å². The van der Waals surface area contributed by atoms with E-state index in [9.17, 15) is 0 Å². The first kappa shape index (κ1) is 20.6. The average Bonchev–Trinajstić information content (AvgIpc) is 3.51. The van der Waals surface area contributed by atoms with E-state index in [0.717, 1.165) is 39.0 Å². The van der Waals surface area contributed by atoms with Crippen molar-refractivity contribution in [2.75, 3.05) is 4.90 Å². The zero-order valence-electron chi connectivity index (χ0n) is 19.9. The molecule has 8 rings (SSSR count).